The fourth-order valence-electron chi connectivity index (χ4n) is 4.59. The van der Waals surface area contributed by atoms with Gasteiger partial charge >= 0.3 is 12.2 Å². The summed E-state index contributed by atoms with van der Waals surface area (Å²) in [4.78, 5) is 55.0. The molecule has 10 heteroatoms. The van der Waals surface area contributed by atoms with Crippen LogP contribution in [-0.2, 0) is 19.1 Å². The zero-order valence-electron chi connectivity index (χ0n) is 25.5. The largest absolute Gasteiger partial charge is 0.444 e. The van der Waals surface area contributed by atoms with E-state index in [0.717, 1.165) is 11.1 Å². The minimum absolute atomic E-state index is 0.0626. The van der Waals surface area contributed by atoms with Crippen molar-refractivity contribution in [1.29, 1.82) is 0 Å². The molecule has 2 aromatic rings. The maximum absolute atomic E-state index is 13.3. The number of nitrogens with zero attached hydrogens (tertiary/aromatic N) is 2. The average Bonchev–Trinajstić information content (AvgIpc) is 2.91. The number of carbonyl (C=O) groups is 4. The molecule has 0 aliphatic carbocycles. The average molecular weight is 581 g/mol. The van der Waals surface area contributed by atoms with Crippen LogP contribution in [0.5, 0.6) is 0 Å². The molecule has 1 saturated heterocycles. The first-order valence-electron chi connectivity index (χ1n) is 14.3. The molecular weight excluding hydrogens is 536 g/mol. The number of ether oxygens (including phenoxy) is 2. The Morgan fingerprint density at radius 3 is 1.21 bits per heavy atom. The van der Waals surface area contributed by atoms with Gasteiger partial charge in [-0.1, -0.05) is 60.7 Å². The van der Waals surface area contributed by atoms with Crippen molar-refractivity contribution < 1.29 is 28.7 Å². The third kappa shape index (κ3) is 10.7. The summed E-state index contributed by atoms with van der Waals surface area (Å²) in [7, 11) is 0. The Morgan fingerprint density at radius 1 is 0.619 bits per heavy atom. The van der Waals surface area contributed by atoms with Gasteiger partial charge in [0.1, 0.15) is 11.2 Å². The molecule has 0 radical (unpaired) electrons. The summed E-state index contributed by atoms with van der Waals surface area (Å²) >= 11 is 0. The maximum Gasteiger partial charge on any atom is 0.408 e. The van der Waals surface area contributed by atoms with Gasteiger partial charge in [-0.15, -0.1) is 0 Å². The third-order valence-corrected chi connectivity index (χ3v) is 6.53. The van der Waals surface area contributed by atoms with Crippen LogP contribution in [-0.4, -0.2) is 71.2 Å². The highest BCUT2D eigenvalue weighted by atomic mass is 16.6. The number of nitrogens with one attached hydrogen (secondary N) is 2. The number of carbonyl (C=O) groups excluding carboxylic acids is 4. The van der Waals surface area contributed by atoms with Crippen molar-refractivity contribution in [2.24, 2.45) is 0 Å². The van der Waals surface area contributed by atoms with E-state index in [4.69, 9.17) is 9.47 Å². The first-order chi connectivity index (χ1) is 19.7. The monoisotopic (exact) mass is 580 g/mol. The van der Waals surface area contributed by atoms with Crippen LogP contribution in [0.1, 0.15) is 77.6 Å². The van der Waals surface area contributed by atoms with E-state index in [1.807, 2.05) is 60.7 Å². The van der Waals surface area contributed by atoms with Gasteiger partial charge in [0.25, 0.3) is 0 Å². The van der Waals surface area contributed by atoms with E-state index in [2.05, 4.69) is 10.6 Å². The van der Waals surface area contributed by atoms with E-state index in [1.54, 1.807) is 51.3 Å². The number of hydrogen-bond donors (Lipinski definition) is 2. The molecule has 0 spiro atoms. The second-order valence-corrected chi connectivity index (χ2v) is 12.4. The highest BCUT2D eigenvalue weighted by molar-refractivity contribution is 5.80. The Bertz CT molecular complexity index is 1100. The highest BCUT2D eigenvalue weighted by Gasteiger charge is 2.30. The fraction of sp³-hybridized carbons (Fsp3) is 0.500. The van der Waals surface area contributed by atoms with Crippen LogP contribution < -0.4 is 10.6 Å². The van der Waals surface area contributed by atoms with Crippen LogP contribution in [0.25, 0.3) is 0 Å². The molecule has 0 saturated carbocycles. The van der Waals surface area contributed by atoms with E-state index < -0.39 is 35.5 Å². The van der Waals surface area contributed by atoms with Crippen molar-refractivity contribution in [3.8, 4) is 0 Å². The number of benzene rings is 2. The van der Waals surface area contributed by atoms with Crippen molar-refractivity contribution in [2.75, 3.05) is 26.2 Å². The number of piperazine rings is 1. The van der Waals surface area contributed by atoms with Crippen LogP contribution in [0.4, 0.5) is 9.59 Å². The minimum Gasteiger partial charge on any atom is -0.444 e. The van der Waals surface area contributed by atoms with Crippen LogP contribution in [0.2, 0.25) is 0 Å². The van der Waals surface area contributed by atoms with Crippen LogP contribution in [0.3, 0.4) is 0 Å². The van der Waals surface area contributed by atoms with Crippen molar-refractivity contribution in [1.82, 2.24) is 20.4 Å². The van der Waals surface area contributed by atoms with E-state index in [-0.39, 0.29) is 24.7 Å². The molecule has 1 fully saturated rings. The molecule has 0 aromatic heterocycles. The highest BCUT2D eigenvalue weighted by Crippen LogP contribution is 2.22. The van der Waals surface area contributed by atoms with Gasteiger partial charge in [0.2, 0.25) is 11.8 Å². The van der Waals surface area contributed by atoms with Gasteiger partial charge in [-0.3, -0.25) is 9.59 Å². The normalized spacial score (nSPS) is 15.3. The molecule has 2 atom stereocenters. The summed E-state index contributed by atoms with van der Waals surface area (Å²) in [6.07, 6.45) is -1.06. The molecule has 3 rings (SSSR count). The van der Waals surface area contributed by atoms with E-state index in [0.29, 0.717) is 26.2 Å². The predicted octanol–water partition coefficient (Wildman–Crippen LogP) is 4.97. The van der Waals surface area contributed by atoms with Gasteiger partial charge in [0.05, 0.1) is 24.9 Å². The first-order valence-corrected chi connectivity index (χ1v) is 14.3. The van der Waals surface area contributed by atoms with Crippen molar-refractivity contribution >= 4 is 24.0 Å². The van der Waals surface area contributed by atoms with E-state index in [1.165, 1.54) is 0 Å². The lowest BCUT2D eigenvalue weighted by atomic mass is 10.0. The Morgan fingerprint density at radius 2 is 0.929 bits per heavy atom. The van der Waals surface area contributed by atoms with Crippen LogP contribution >= 0.6 is 0 Å². The summed E-state index contributed by atoms with van der Waals surface area (Å²) in [5, 5.41) is 5.67. The lowest BCUT2D eigenvalue weighted by molar-refractivity contribution is -0.140. The lowest BCUT2D eigenvalue weighted by Gasteiger charge is -2.36. The minimum atomic E-state index is -0.667. The summed E-state index contributed by atoms with van der Waals surface area (Å²) < 4.78 is 10.8. The molecule has 10 nitrogen and oxygen atoms in total. The Balaban J connectivity index is 1.60. The maximum atomic E-state index is 13.3. The molecule has 1 heterocycles. The Kier molecular flexibility index (Phi) is 11.0. The van der Waals surface area contributed by atoms with Crippen molar-refractivity contribution in [2.45, 2.75) is 77.7 Å². The molecule has 42 heavy (non-hydrogen) atoms. The van der Waals surface area contributed by atoms with Crippen LogP contribution in [0.15, 0.2) is 60.7 Å². The topological polar surface area (TPSA) is 117 Å². The zero-order chi connectivity index (χ0) is 30.9. The summed E-state index contributed by atoms with van der Waals surface area (Å²) in [5.41, 5.74) is 0.269. The van der Waals surface area contributed by atoms with Crippen LogP contribution in [0, 0.1) is 0 Å². The molecule has 2 N–H and O–H groups in total. The summed E-state index contributed by atoms with van der Waals surface area (Å²) in [5.74, 6) is -0.249. The van der Waals surface area contributed by atoms with E-state index >= 15 is 0 Å². The van der Waals surface area contributed by atoms with E-state index in [9.17, 15) is 19.2 Å². The molecule has 0 bridgehead atoms. The fourth-order valence-corrected chi connectivity index (χ4v) is 4.59. The molecule has 4 amide bonds. The summed E-state index contributed by atoms with van der Waals surface area (Å²) in [6, 6.07) is 17.5. The van der Waals surface area contributed by atoms with Gasteiger partial charge in [-0.25, -0.2) is 9.59 Å². The second kappa shape index (κ2) is 14.2. The third-order valence-electron chi connectivity index (χ3n) is 6.53. The van der Waals surface area contributed by atoms with Crippen molar-refractivity contribution in [3.05, 3.63) is 71.8 Å². The van der Waals surface area contributed by atoms with Crippen molar-refractivity contribution in [3.63, 3.8) is 0 Å². The molecule has 1 aliphatic rings. The molecule has 1 aliphatic heterocycles. The number of rotatable bonds is 8. The first kappa shape index (κ1) is 32.4. The predicted molar refractivity (Wildman–Crippen MR) is 159 cm³/mol. The molecular formula is C32H44N4O6. The van der Waals surface area contributed by atoms with Gasteiger partial charge < -0.3 is 29.9 Å². The zero-order valence-corrected chi connectivity index (χ0v) is 25.5. The molecule has 2 aromatic carbocycles. The molecule has 228 valence electrons. The number of hydrogen-bond acceptors (Lipinski definition) is 6. The second-order valence-electron chi connectivity index (χ2n) is 12.4. The Labute approximate surface area is 248 Å². The van der Waals surface area contributed by atoms with Gasteiger partial charge in [-0.05, 0) is 52.7 Å². The standard InChI is InChI=1S/C32H44N4O6/c1-31(2,3)41-29(39)33-25(23-13-9-7-10-14-23)21-27(37)35-17-19-36(20-18-35)28(38)22-26(24-15-11-8-12-16-24)34-30(40)42-32(4,5)6/h7-16,25-26H,17-22H2,1-6H3,(H,33,39)(H,34,40). The smallest absolute Gasteiger partial charge is 0.408 e. The number of alkyl carbamates (subject to hydrolysis) is 2. The van der Waals surface area contributed by atoms with Gasteiger partial charge in [-0.2, -0.15) is 0 Å². The quantitative estimate of drug-likeness (QED) is 0.455. The SMILES string of the molecule is CC(C)(C)OC(=O)NC(CC(=O)N1CCN(C(=O)CC(NC(=O)OC(C)(C)C)c2ccccc2)CC1)c1ccccc1. The lowest BCUT2D eigenvalue weighted by Crippen LogP contribution is -2.51. The number of amides is 4. The van der Waals surface area contributed by atoms with Gasteiger partial charge in [0, 0.05) is 26.2 Å². The summed E-state index contributed by atoms with van der Waals surface area (Å²) in [6.45, 7) is 12.2. The molecule has 2 unspecified atom stereocenters. The Hall–Kier alpha value is -4.08. The van der Waals surface area contributed by atoms with Gasteiger partial charge in [0.15, 0.2) is 0 Å².